The molecule has 44 heavy (non-hydrogen) atoms. The van der Waals surface area contributed by atoms with Gasteiger partial charge < -0.3 is 25.8 Å². The van der Waals surface area contributed by atoms with E-state index >= 15 is 0 Å². The number of pyridine rings is 1. The summed E-state index contributed by atoms with van der Waals surface area (Å²) in [5.74, 6) is 0.584. The largest absolute Gasteiger partial charge is 0.380 e. The Balaban J connectivity index is 1.22. The van der Waals surface area contributed by atoms with E-state index in [0.29, 0.717) is 42.6 Å². The first-order valence-corrected chi connectivity index (χ1v) is 14.4. The van der Waals surface area contributed by atoms with Gasteiger partial charge in [0.1, 0.15) is 0 Å². The molecular formula is C34H35N7O3. The highest BCUT2D eigenvalue weighted by Gasteiger charge is 2.28. The van der Waals surface area contributed by atoms with Crippen molar-refractivity contribution in [2.24, 2.45) is 5.73 Å². The molecule has 2 aromatic carbocycles. The van der Waals surface area contributed by atoms with Gasteiger partial charge in [0.25, 0.3) is 11.8 Å². The summed E-state index contributed by atoms with van der Waals surface area (Å²) >= 11 is 0. The van der Waals surface area contributed by atoms with Gasteiger partial charge in [-0.15, -0.1) is 0 Å². The number of allylic oxidation sites excluding steroid dienone is 2. The Kier molecular flexibility index (Phi) is 9.61. The maximum atomic E-state index is 13.4. The summed E-state index contributed by atoms with van der Waals surface area (Å²) in [6.07, 6.45) is 8.12. The van der Waals surface area contributed by atoms with Crippen LogP contribution in [0.15, 0.2) is 119 Å². The fourth-order valence-corrected chi connectivity index (χ4v) is 5.10. The fraction of sp³-hybridized carbons (Fsp3) is 0.206. The van der Waals surface area contributed by atoms with Crippen LogP contribution in [0.2, 0.25) is 0 Å². The predicted octanol–water partition coefficient (Wildman–Crippen LogP) is 5.18. The zero-order valence-corrected chi connectivity index (χ0v) is 24.6. The molecule has 224 valence electrons. The molecule has 1 aliphatic heterocycles. The van der Waals surface area contributed by atoms with Crippen molar-refractivity contribution in [2.75, 3.05) is 18.4 Å². The van der Waals surface area contributed by atoms with Crippen LogP contribution in [0.25, 0.3) is 11.4 Å². The normalized spacial score (nSPS) is 14.5. The number of nitrogens with two attached hydrogens (primary N) is 1. The maximum absolute atomic E-state index is 13.4. The number of primary amides is 1. The van der Waals surface area contributed by atoms with Crippen molar-refractivity contribution >= 4 is 17.5 Å². The number of hydrogen-bond acceptors (Lipinski definition) is 8. The van der Waals surface area contributed by atoms with Gasteiger partial charge in [-0.1, -0.05) is 54.2 Å². The summed E-state index contributed by atoms with van der Waals surface area (Å²) in [7, 11) is 0. The van der Waals surface area contributed by atoms with Crippen LogP contribution in [-0.4, -0.2) is 44.9 Å². The molecule has 4 N–H and O–H groups in total. The van der Waals surface area contributed by atoms with Crippen LogP contribution in [0.3, 0.4) is 0 Å². The highest BCUT2D eigenvalue weighted by atomic mass is 16.5. The van der Waals surface area contributed by atoms with E-state index in [1.807, 2.05) is 78.6 Å². The van der Waals surface area contributed by atoms with Gasteiger partial charge in [-0.05, 0) is 61.7 Å². The molecule has 1 aliphatic rings. The highest BCUT2D eigenvalue weighted by Crippen LogP contribution is 2.29. The molecule has 1 saturated heterocycles. The Morgan fingerprint density at radius 3 is 2.59 bits per heavy atom. The van der Waals surface area contributed by atoms with Gasteiger partial charge in [-0.2, -0.15) is 4.98 Å². The number of likely N-dealkylation sites (tertiary alicyclic amines) is 1. The molecule has 0 atom stereocenters. The molecule has 0 radical (unpaired) electrons. The van der Waals surface area contributed by atoms with Crippen LogP contribution in [0.4, 0.5) is 5.69 Å². The number of benzene rings is 2. The van der Waals surface area contributed by atoms with Crippen molar-refractivity contribution in [3.63, 3.8) is 0 Å². The van der Waals surface area contributed by atoms with Gasteiger partial charge in [0.05, 0.1) is 5.57 Å². The molecule has 0 bridgehead atoms. The molecule has 10 heteroatoms. The Bertz CT molecular complexity index is 1670. The summed E-state index contributed by atoms with van der Waals surface area (Å²) in [6, 6.07) is 20.9. The Hall–Kier alpha value is -5.51. The van der Waals surface area contributed by atoms with Crippen LogP contribution in [0.5, 0.6) is 0 Å². The SMILES string of the molecule is C=C/C(C(N)=O)=C(\C=C(/C)Nc1cccc(C(=O)N2CCC(c3nc(-c4cccnc4)no3)CC2)c1)NCc1ccccc1. The maximum Gasteiger partial charge on any atom is 0.253 e. The minimum absolute atomic E-state index is 0.0388. The van der Waals surface area contributed by atoms with E-state index < -0.39 is 5.91 Å². The van der Waals surface area contributed by atoms with Gasteiger partial charge in [-0.3, -0.25) is 14.6 Å². The summed E-state index contributed by atoms with van der Waals surface area (Å²) in [6.45, 7) is 7.31. The summed E-state index contributed by atoms with van der Waals surface area (Å²) < 4.78 is 5.55. The standard InChI is InChI=1S/C34H35N7O3/c1-3-29(31(35)42)30(37-21-24-9-5-4-6-10-24)19-23(2)38-28-13-7-11-26(20-28)34(43)41-17-14-25(15-18-41)33-39-32(40-44-33)27-12-8-16-36-22-27/h3-13,16,19-20,22,25,37-38H,1,14-15,17-18,21H2,2H3,(H2,35,42)/b23-19+,30-29-. The lowest BCUT2D eigenvalue weighted by Crippen LogP contribution is -2.38. The summed E-state index contributed by atoms with van der Waals surface area (Å²) in [4.78, 5) is 36.1. The lowest BCUT2D eigenvalue weighted by atomic mass is 9.96. The second-order valence-corrected chi connectivity index (χ2v) is 10.5. The monoisotopic (exact) mass is 589 g/mol. The fourth-order valence-electron chi connectivity index (χ4n) is 5.10. The van der Waals surface area contributed by atoms with Crippen molar-refractivity contribution in [1.82, 2.24) is 25.3 Å². The molecule has 2 aromatic heterocycles. The molecule has 0 spiro atoms. The molecular weight excluding hydrogens is 554 g/mol. The van der Waals surface area contributed by atoms with E-state index in [1.165, 1.54) is 6.08 Å². The Morgan fingerprint density at radius 1 is 1.09 bits per heavy atom. The molecule has 2 amide bonds. The van der Waals surface area contributed by atoms with Crippen LogP contribution >= 0.6 is 0 Å². The first-order valence-electron chi connectivity index (χ1n) is 14.4. The van der Waals surface area contributed by atoms with Crippen LogP contribution in [-0.2, 0) is 11.3 Å². The highest BCUT2D eigenvalue weighted by molar-refractivity contribution is 5.96. The second-order valence-electron chi connectivity index (χ2n) is 10.5. The lowest BCUT2D eigenvalue weighted by Gasteiger charge is -2.30. The number of carbonyl (C=O) groups is 2. The van der Waals surface area contributed by atoms with E-state index in [2.05, 4.69) is 32.3 Å². The van der Waals surface area contributed by atoms with E-state index in [4.69, 9.17) is 10.3 Å². The summed E-state index contributed by atoms with van der Waals surface area (Å²) in [5.41, 5.74) is 10.4. The van der Waals surface area contributed by atoms with Gasteiger partial charge in [0, 0.05) is 66.2 Å². The molecule has 0 saturated carbocycles. The van der Waals surface area contributed by atoms with Gasteiger partial charge in [0.2, 0.25) is 11.7 Å². The number of nitrogens with one attached hydrogen (secondary N) is 2. The third kappa shape index (κ3) is 7.46. The third-order valence-corrected chi connectivity index (χ3v) is 7.39. The predicted molar refractivity (Wildman–Crippen MR) is 169 cm³/mol. The summed E-state index contributed by atoms with van der Waals surface area (Å²) in [5, 5.41) is 10.7. The average Bonchev–Trinajstić information content (AvgIpc) is 3.55. The lowest BCUT2D eigenvalue weighted by molar-refractivity contribution is -0.114. The minimum Gasteiger partial charge on any atom is -0.380 e. The minimum atomic E-state index is -0.580. The number of carbonyl (C=O) groups excluding carboxylic acids is 2. The third-order valence-electron chi connectivity index (χ3n) is 7.39. The molecule has 0 unspecified atom stereocenters. The van der Waals surface area contributed by atoms with Gasteiger partial charge >= 0.3 is 0 Å². The van der Waals surface area contributed by atoms with Crippen LogP contribution in [0.1, 0.15) is 47.5 Å². The smallest absolute Gasteiger partial charge is 0.253 e. The van der Waals surface area contributed by atoms with Crippen LogP contribution < -0.4 is 16.4 Å². The number of rotatable bonds is 11. The van der Waals surface area contributed by atoms with Crippen molar-refractivity contribution in [2.45, 2.75) is 32.2 Å². The topological polar surface area (TPSA) is 139 Å². The van der Waals surface area contributed by atoms with E-state index in [9.17, 15) is 9.59 Å². The number of amides is 2. The van der Waals surface area contributed by atoms with Crippen molar-refractivity contribution in [1.29, 1.82) is 0 Å². The quantitative estimate of drug-likeness (QED) is 0.161. The number of piperidine rings is 1. The van der Waals surface area contributed by atoms with E-state index in [-0.39, 0.29) is 17.4 Å². The van der Waals surface area contributed by atoms with Gasteiger partial charge in [-0.25, -0.2) is 0 Å². The molecule has 4 aromatic rings. The molecule has 0 aliphatic carbocycles. The van der Waals surface area contributed by atoms with Crippen molar-refractivity contribution in [3.05, 3.63) is 132 Å². The second kappa shape index (κ2) is 14.1. The Morgan fingerprint density at radius 2 is 1.89 bits per heavy atom. The van der Waals surface area contributed by atoms with Crippen LogP contribution in [0, 0.1) is 0 Å². The van der Waals surface area contributed by atoms with Gasteiger partial charge in [0.15, 0.2) is 0 Å². The number of hydrogen-bond donors (Lipinski definition) is 3. The molecule has 10 nitrogen and oxygen atoms in total. The first kappa shape index (κ1) is 30.0. The first-order chi connectivity index (χ1) is 21.4. The molecule has 5 rings (SSSR count). The molecule has 3 heterocycles. The van der Waals surface area contributed by atoms with E-state index in [1.54, 1.807) is 18.5 Å². The van der Waals surface area contributed by atoms with Crippen molar-refractivity contribution in [3.8, 4) is 11.4 Å². The zero-order chi connectivity index (χ0) is 30.9. The Labute approximate surface area is 256 Å². The van der Waals surface area contributed by atoms with E-state index in [0.717, 1.165) is 35.4 Å². The zero-order valence-electron chi connectivity index (χ0n) is 24.6. The number of nitrogens with zero attached hydrogens (tertiary/aromatic N) is 4. The van der Waals surface area contributed by atoms with Crippen molar-refractivity contribution < 1.29 is 14.1 Å². The number of anilines is 1. The average molecular weight is 590 g/mol. The number of aromatic nitrogens is 3. The molecule has 1 fully saturated rings.